The Balaban J connectivity index is 3.60. The number of carbonyl (C=O) groups is 1. The lowest BCUT2D eigenvalue weighted by Crippen LogP contribution is -2.15. The Labute approximate surface area is 93.4 Å². The average Bonchev–Trinajstić information content (AvgIpc) is 2.15. The van der Waals surface area contributed by atoms with E-state index in [2.05, 4.69) is 20.8 Å². The van der Waals surface area contributed by atoms with Gasteiger partial charge < -0.3 is 10.5 Å². The van der Waals surface area contributed by atoms with Gasteiger partial charge in [-0.1, -0.05) is 27.2 Å². The molecule has 0 rings (SSSR count). The first-order valence-electron chi connectivity index (χ1n) is 5.87. The van der Waals surface area contributed by atoms with Crippen LogP contribution in [-0.4, -0.2) is 19.1 Å². The van der Waals surface area contributed by atoms with Crippen molar-refractivity contribution in [2.45, 2.75) is 52.9 Å². The number of carbonyl (C=O) groups excluding carboxylic acids is 1. The van der Waals surface area contributed by atoms with Gasteiger partial charge in [0.2, 0.25) is 0 Å². The minimum Gasteiger partial charge on any atom is -0.466 e. The molecule has 0 saturated heterocycles. The Morgan fingerprint density at radius 3 is 2.53 bits per heavy atom. The highest BCUT2D eigenvalue weighted by Gasteiger charge is 2.18. The fourth-order valence-corrected chi connectivity index (χ4v) is 1.58. The lowest BCUT2D eigenvalue weighted by Gasteiger charge is -2.23. The highest BCUT2D eigenvalue weighted by molar-refractivity contribution is 5.69. The second-order valence-electron chi connectivity index (χ2n) is 4.78. The third-order valence-corrected chi connectivity index (χ3v) is 2.54. The molecule has 2 N–H and O–H groups in total. The van der Waals surface area contributed by atoms with Crippen molar-refractivity contribution >= 4 is 5.97 Å². The first-order chi connectivity index (χ1) is 7.02. The molecule has 0 aliphatic heterocycles. The number of hydrogen-bond donors (Lipinski definition) is 1. The first kappa shape index (κ1) is 14.4. The second kappa shape index (κ2) is 7.69. The number of ether oxygens (including phenoxy) is 1. The molecule has 0 aromatic rings. The Bertz CT molecular complexity index is 178. The standard InChI is InChI=1S/C12H25NO2/c1-4-7-12(2,3)8-6-11(14)15-10-5-9-13/h4-10,13H2,1-3H3. The minimum atomic E-state index is -0.0902. The van der Waals surface area contributed by atoms with Gasteiger partial charge in [0.25, 0.3) is 0 Å². The maximum absolute atomic E-state index is 11.3. The molecule has 0 fully saturated rings. The van der Waals surface area contributed by atoms with Crippen molar-refractivity contribution in [1.82, 2.24) is 0 Å². The summed E-state index contributed by atoms with van der Waals surface area (Å²) in [5.74, 6) is -0.0902. The molecular weight excluding hydrogens is 190 g/mol. The van der Waals surface area contributed by atoms with Crippen molar-refractivity contribution in [3.8, 4) is 0 Å². The van der Waals surface area contributed by atoms with Gasteiger partial charge in [-0.05, 0) is 31.2 Å². The average molecular weight is 215 g/mol. The van der Waals surface area contributed by atoms with E-state index in [9.17, 15) is 4.79 Å². The molecule has 0 atom stereocenters. The van der Waals surface area contributed by atoms with E-state index in [1.807, 2.05) is 0 Å². The van der Waals surface area contributed by atoms with Crippen LogP contribution in [-0.2, 0) is 9.53 Å². The molecule has 0 aliphatic rings. The van der Waals surface area contributed by atoms with Gasteiger partial charge >= 0.3 is 5.97 Å². The normalized spacial score (nSPS) is 11.5. The SMILES string of the molecule is CCCC(C)(C)CCC(=O)OCCCN. The summed E-state index contributed by atoms with van der Waals surface area (Å²) in [6, 6.07) is 0. The summed E-state index contributed by atoms with van der Waals surface area (Å²) >= 11 is 0. The van der Waals surface area contributed by atoms with Gasteiger partial charge in [-0.25, -0.2) is 0 Å². The van der Waals surface area contributed by atoms with Gasteiger partial charge in [0, 0.05) is 6.42 Å². The lowest BCUT2D eigenvalue weighted by atomic mass is 9.83. The quantitative estimate of drug-likeness (QED) is 0.500. The van der Waals surface area contributed by atoms with Gasteiger partial charge in [0.05, 0.1) is 6.61 Å². The lowest BCUT2D eigenvalue weighted by molar-refractivity contribution is -0.144. The third-order valence-electron chi connectivity index (χ3n) is 2.54. The van der Waals surface area contributed by atoms with Crippen LogP contribution >= 0.6 is 0 Å². The van der Waals surface area contributed by atoms with Crippen LogP contribution in [0.2, 0.25) is 0 Å². The van der Waals surface area contributed by atoms with Crippen LogP contribution in [0.5, 0.6) is 0 Å². The number of hydrogen-bond acceptors (Lipinski definition) is 3. The molecular formula is C12H25NO2. The highest BCUT2D eigenvalue weighted by Crippen LogP contribution is 2.28. The van der Waals surface area contributed by atoms with Gasteiger partial charge in [0.15, 0.2) is 0 Å². The molecule has 0 aliphatic carbocycles. The number of nitrogens with two attached hydrogens (primary N) is 1. The van der Waals surface area contributed by atoms with Crippen molar-refractivity contribution in [2.75, 3.05) is 13.2 Å². The molecule has 0 amide bonds. The van der Waals surface area contributed by atoms with E-state index in [1.165, 1.54) is 0 Å². The van der Waals surface area contributed by atoms with Crippen LogP contribution in [0.4, 0.5) is 0 Å². The molecule has 0 aromatic carbocycles. The minimum absolute atomic E-state index is 0.0902. The number of esters is 1. The summed E-state index contributed by atoms with van der Waals surface area (Å²) in [5, 5.41) is 0. The van der Waals surface area contributed by atoms with Gasteiger partial charge in [-0.3, -0.25) is 4.79 Å². The van der Waals surface area contributed by atoms with Crippen LogP contribution in [0.15, 0.2) is 0 Å². The fraction of sp³-hybridized carbons (Fsp3) is 0.917. The Kier molecular flexibility index (Phi) is 7.39. The molecule has 0 bridgehead atoms. The Hall–Kier alpha value is -0.570. The van der Waals surface area contributed by atoms with E-state index in [0.29, 0.717) is 19.6 Å². The summed E-state index contributed by atoms with van der Waals surface area (Å²) in [6.07, 6.45) is 4.50. The molecule has 3 heteroatoms. The molecule has 0 spiro atoms. The molecule has 90 valence electrons. The first-order valence-corrected chi connectivity index (χ1v) is 5.87. The van der Waals surface area contributed by atoms with Gasteiger partial charge in [-0.2, -0.15) is 0 Å². The molecule has 0 aromatic heterocycles. The zero-order valence-corrected chi connectivity index (χ0v) is 10.3. The molecule has 3 nitrogen and oxygen atoms in total. The largest absolute Gasteiger partial charge is 0.466 e. The van der Waals surface area contributed by atoms with Crippen molar-refractivity contribution < 1.29 is 9.53 Å². The Morgan fingerprint density at radius 2 is 2.00 bits per heavy atom. The van der Waals surface area contributed by atoms with Crippen molar-refractivity contribution in [2.24, 2.45) is 11.1 Å². The summed E-state index contributed by atoms with van der Waals surface area (Å²) in [6.45, 7) is 7.60. The van der Waals surface area contributed by atoms with Crippen molar-refractivity contribution in [3.05, 3.63) is 0 Å². The van der Waals surface area contributed by atoms with Crippen molar-refractivity contribution in [1.29, 1.82) is 0 Å². The summed E-state index contributed by atoms with van der Waals surface area (Å²) in [5.41, 5.74) is 5.56. The van der Waals surface area contributed by atoms with E-state index < -0.39 is 0 Å². The van der Waals surface area contributed by atoms with E-state index in [-0.39, 0.29) is 11.4 Å². The topological polar surface area (TPSA) is 52.3 Å². The van der Waals surface area contributed by atoms with E-state index >= 15 is 0 Å². The fourth-order valence-electron chi connectivity index (χ4n) is 1.58. The maximum Gasteiger partial charge on any atom is 0.305 e. The third kappa shape index (κ3) is 8.43. The molecule has 0 saturated carbocycles. The predicted octanol–water partition coefficient (Wildman–Crippen LogP) is 2.48. The smallest absolute Gasteiger partial charge is 0.305 e. The van der Waals surface area contributed by atoms with Gasteiger partial charge in [-0.15, -0.1) is 0 Å². The van der Waals surface area contributed by atoms with E-state index in [4.69, 9.17) is 10.5 Å². The van der Waals surface area contributed by atoms with E-state index in [1.54, 1.807) is 0 Å². The summed E-state index contributed by atoms with van der Waals surface area (Å²) < 4.78 is 5.04. The van der Waals surface area contributed by atoms with Crippen LogP contribution in [0.1, 0.15) is 52.9 Å². The molecule has 0 unspecified atom stereocenters. The predicted molar refractivity (Wildman–Crippen MR) is 62.6 cm³/mol. The van der Waals surface area contributed by atoms with Crippen LogP contribution in [0.25, 0.3) is 0 Å². The summed E-state index contributed by atoms with van der Waals surface area (Å²) in [7, 11) is 0. The van der Waals surface area contributed by atoms with Crippen molar-refractivity contribution in [3.63, 3.8) is 0 Å². The van der Waals surface area contributed by atoms with Gasteiger partial charge in [0.1, 0.15) is 0 Å². The number of rotatable bonds is 8. The molecule has 15 heavy (non-hydrogen) atoms. The van der Waals surface area contributed by atoms with Crippen LogP contribution < -0.4 is 5.73 Å². The Morgan fingerprint density at radius 1 is 1.33 bits per heavy atom. The maximum atomic E-state index is 11.3. The zero-order chi connectivity index (χ0) is 11.7. The molecule has 0 radical (unpaired) electrons. The zero-order valence-electron chi connectivity index (χ0n) is 10.3. The highest BCUT2D eigenvalue weighted by atomic mass is 16.5. The summed E-state index contributed by atoms with van der Waals surface area (Å²) in [4.78, 5) is 11.3. The van der Waals surface area contributed by atoms with Crippen LogP contribution in [0, 0.1) is 5.41 Å². The van der Waals surface area contributed by atoms with Crippen LogP contribution in [0.3, 0.4) is 0 Å². The van der Waals surface area contributed by atoms with E-state index in [0.717, 1.165) is 25.7 Å². The second-order valence-corrected chi connectivity index (χ2v) is 4.78. The molecule has 0 heterocycles. The monoisotopic (exact) mass is 215 g/mol.